The van der Waals surface area contributed by atoms with E-state index in [1.165, 1.54) is 0 Å². The minimum absolute atomic E-state index is 0.567. The summed E-state index contributed by atoms with van der Waals surface area (Å²) < 4.78 is 2.39. The van der Waals surface area contributed by atoms with Crippen molar-refractivity contribution in [2.75, 3.05) is 0 Å². The van der Waals surface area contributed by atoms with Gasteiger partial charge < -0.3 is 0 Å². The van der Waals surface area contributed by atoms with Crippen molar-refractivity contribution in [3.05, 3.63) is 52.5 Å². The van der Waals surface area contributed by atoms with Crippen LogP contribution in [0, 0.1) is 4.77 Å². The average Bonchev–Trinajstić information content (AvgIpc) is 2.77. The molecule has 3 nitrogen and oxygen atoms in total. The number of nitrogens with zero attached hydrogens (tertiary/aromatic N) is 2. The van der Waals surface area contributed by atoms with E-state index in [9.17, 15) is 0 Å². The second kappa shape index (κ2) is 3.98. The van der Waals surface area contributed by atoms with Crippen LogP contribution in [0.25, 0.3) is 16.5 Å². The van der Waals surface area contributed by atoms with Crippen molar-refractivity contribution < 1.29 is 0 Å². The van der Waals surface area contributed by atoms with Crippen LogP contribution >= 0.6 is 23.8 Å². The molecule has 0 radical (unpaired) electrons. The summed E-state index contributed by atoms with van der Waals surface area (Å²) in [6, 6.07) is 11.8. The summed E-state index contributed by atoms with van der Waals surface area (Å²) in [5.74, 6) is 0. The summed E-state index contributed by atoms with van der Waals surface area (Å²) in [6.07, 6.45) is 1.66. The van der Waals surface area contributed by atoms with Crippen LogP contribution in [-0.4, -0.2) is 14.8 Å². The van der Waals surface area contributed by atoms with E-state index >= 15 is 0 Å². The van der Waals surface area contributed by atoms with Gasteiger partial charge >= 0.3 is 0 Å². The van der Waals surface area contributed by atoms with Gasteiger partial charge in [0.05, 0.1) is 5.69 Å². The summed E-state index contributed by atoms with van der Waals surface area (Å²) in [5.41, 5.74) is 0.976. The van der Waals surface area contributed by atoms with Crippen molar-refractivity contribution in [3.8, 4) is 5.69 Å². The van der Waals surface area contributed by atoms with E-state index in [1.807, 2.05) is 41.0 Å². The topological polar surface area (TPSA) is 33.6 Å². The summed E-state index contributed by atoms with van der Waals surface area (Å²) >= 11 is 11.3. The highest BCUT2D eigenvalue weighted by Crippen LogP contribution is 2.28. The number of fused-ring (bicyclic) bond motifs is 1. The van der Waals surface area contributed by atoms with Gasteiger partial charge in [-0.3, -0.25) is 9.67 Å². The molecule has 17 heavy (non-hydrogen) atoms. The zero-order chi connectivity index (χ0) is 11.8. The standard InChI is InChI=1S/C12H8ClN3S/c13-10-5-6-11(16-7-14-15-12(16)17)9-4-2-1-3-8(9)10/h1-7H,(H,15,17). The van der Waals surface area contributed by atoms with Crippen molar-refractivity contribution in [2.45, 2.75) is 0 Å². The van der Waals surface area contributed by atoms with Gasteiger partial charge in [-0.15, -0.1) is 0 Å². The number of aromatic nitrogens is 3. The van der Waals surface area contributed by atoms with Gasteiger partial charge in [0.2, 0.25) is 0 Å². The third-order valence-electron chi connectivity index (χ3n) is 2.66. The lowest BCUT2D eigenvalue weighted by Crippen LogP contribution is -1.93. The molecular weight excluding hydrogens is 254 g/mol. The smallest absolute Gasteiger partial charge is 0.199 e. The van der Waals surface area contributed by atoms with Gasteiger partial charge in [0.25, 0.3) is 0 Å². The molecule has 3 aromatic rings. The van der Waals surface area contributed by atoms with Crippen molar-refractivity contribution in [1.29, 1.82) is 0 Å². The Morgan fingerprint density at radius 2 is 1.88 bits per heavy atom. The van der Waals surface area contributed by atoms with Gasteiger partial charge in [-0.05, 0) is 24.4 Å². The fourth-order valence-corrected chi connectivity index (χ4v) is 2.30. The Hall–Kier alpha value is -1.65. The Bertz CT molecular complexity index is 745. The molecule has 84 valence electrons. The number of nitrogens with one attached hydrogen (secondary N) is 1. The second-order valence-electron chi connectivity index (χ2n) is 3.64. The lowest BCUT2D eigenvalue weighted by Gasteiger charge is -2.07. The van der Waals surface area contributed by atoms with E-state index in [-0.39, 0.29) is 0 Å². The SMILES string of the molecule is S=c1[nH]ncn1-c1ccc(Cl)c2ccccc12. The molecule has 0 saturated carbocycles. The van der Waals surface area contributed by atoms with Crippen LogP contribution < -0.4 is 0 Å². The molecule has 5 heteroatoms. The van der Waals surface area contributed by atoms with Crippen molar-refractivity contribution >= 4 is 34.6 Å². The lowest BCUT2D eigenvalue weighted by molar-refractivity contribution is 1.04. The van der Waals surface area contributed by atoms with Gasteiger partial charge in [-0.1, -0.05) is 35.9 Å². The summed E-state index contributed by atoms with van der Waals surface area (Å²) in [6.45, 7) is 0. The first-order valence-corrected chi connectivity index (χ1v) is 5.85. The molecule has 0 amide bonds. The van der Waals surface area contributed by atoms with E-state index in [0.717, 1.165) is 21.5 Å². The van der Waals surface area contributed by atoms with Crippen LogP contribution in [0.3, 0.4) is 0 Å². The maximum atomic E-state index is 6.17. The van der Waals surface area contributed by atoms with E-state index in [4.69, 9.17) is 23.8 Å². The van der Waals surface area contributed by atoms with Crippen molar-refractivity contribution in [3.63, 3.8) is 0 Å². The molecular formula is C12H8ClN3S. The molecule has 1 heterocycles. The number of aromatic amines is 1. The molecule has 2 aromatic carbocycles. The van der Waals surface area contributed by atoms with Crippen molar-refractivity contribution in [2.24, 2.45) is 0 Å². The van der Waals surface area contributed by atoms with E-state index < -0.39 is 0 Å². The van der Waals surface area contributed by atoms with E-state index in [1.54, 1.807) is 6.33 Å². The number of hydrogen-bond acceptors (Lipinski definition) is 2. The van der Waals surface area contributed by atoms with Gasteiger partial charge in [-0.25, -0.2) is 0 Å². The highest BCUT2D eigenvalue weighted by molar-refractivity contribution is 7.71. The predicted molar refractivity (Wildman–Crippen MR) is 71.3 cm³/mol. The largest absolute Gasteiger partial charge is 0.274 e. The van der Waals surface area contributed by atoms with Crippen LogP contribution in [0.1, 0.15) is 0 Å². The molecule has 0 aliphatic heterocycles. The maximum absolute atomic E-state index is 6.17. The zero-order valence-corrected chi connectivity index (χ0v) is 10.3. The van der Waals surface area contributed by atoms with Gasteiger partial charge in [0, 0.05) is 15.8 Å². The average molecular weight is 262 g/mol. The van der Waals surface area contributed by atoms with Crippen LogP contribution in [0.2, 0.25) is 5.02 Å². The first-order valence-electron chi connectivity index (χ1n) is 5.07. The summed E-state index contributed by atoms with van der Waals surface area (Å²) in [4.78, 5) is 0. The normalized spacial score (nSPS) is 10.9. The van der Waals surface area contributed by atoms with Crippen molar-refractivity contribution in [1.82, 2.24) is 14.8 Å². The molecule has 1 N–H and O–H groups in total. The molecule has 0 aliphatic rings. The molecule has 0 atom stereocenters. The zero-order valence-electron chi connectivity index (χ0n) is 8.72. The van der Waals surface area contributed by atoms with Gasteiger partial charge in [-0.2, -0.15) is 5.10 Å². The fourth-order valence-electron chi connectivity index (χ4n) is 1.88. The molecule has 3 rings (SSSR count). The molecule has 0 spiro atoms. The highest BCUT2D eigenvalue weighted by atomic mass is 35.5. The van der Waals surface area contributed by atoms with Gasteiger partial charge in [0.15, 0.2) is 4.77 Å². The molecule has 1 aromatic heterocycles. The first kappa shape index (κ1) is 10.5. The Morgan fingerprint density at radius 1 is 1.12 bits per heavy atom. The minimum atomic E-state index is 0.567. The molecule has 0 saturated heterocycles. The fraction of sp³-hybridized carbons (Fsp3) is 0. The molecule has 0 bridgehead atoms. The van der Waals surface area contributed by atoms with E-state index in [0.29, 0.717) is 4.77 Å². The molecule has 0 aliphatic carbocycles. The molecule has 0 fully saturated rings. The Labute approximate surface area is 108 Å². The number of benzene rings is 2. The lowest BCUT2D eigenvalue weighted by atomic mass is 10.1. The van der Waals surface area contributed by atoms with Crippen LogP contribution in [0.15, 0.2) is 42.7 Å². The van der Waals surface area contributed by atoms with Crippen LogP contribution in [0.4, 0.5) is 0 Å². The third-order valence-corrected chi connectivity index (χ3v) is 3.28. The summed E-state index contributed by atoms with van der Waals surface area (Å²) in [5, 5.41) is 9.47. The number of halogens is 1. The van der Waals surface area contributed by atoms with Crippen LogP contribution in [-0.2, 0) is 0 Å². The Kier molecular flexibility index (Phi) is 2.46. The Morgan fingerprint density at radius 3 is 2.59 bits per heavy atom. The monoisotopic (exact) mass is 261 g/mol. The Balaban J connectivity index is 2.43. The minimum Gasteiger partial charge on any atom is -0.274 e. The predicted octanol–water partition coefficient (Wildman–Crippen LogP) is 3.74. The molecule has 0 unspecified atom stereocenters. The van der Waals surface area contributed by atoms with E-state index in [2.05, 4.69) is 10.2 Å². The first-order chi connectivity index (χ1) is 8.27. The number of H-pyrrole nitrogens is 1. The van der Waals surface area contributed by atoms with Gasteiger partial charge in [0.1, 0.15) is 6.33 Å². The number of rotatable bonds is 1. The summed E-state index contributed by atoms with van der Waals surface area (Å²) in [7, 11) is 0. The number of hydrogen-bond donors (Lipinski definition) is 1. The third kappa shape index (κ3) is 1.66. The maximum Gasteiger partial charge on any atom is 0.199 e. The second-order valence-corrected chi connectivity index (χ2v) is 4.44. The quantitative estimate of drug-likeness (QED) is 0.677. The highest BCUT2D eigenvalue weighted by Gasteiger charge is 2.06. The van der Waals surface area contributed by atoms with Crippen LogP contribution in [0.5, 0.6) is 0 Å².